The Morgan fingerprint density at radius 1 is 1.12 bits per heavy atom. The minimum atomic E-state index is -0.291. The van der Waals surface area contributed by atoms with Gasteiger partial charge in [-0.1, -0.05) is 18.2 Å². The Balaban J connectivity index is 1.89. The molecule has 0 atom stereocenters. The van der Waals surface area contributed by atoms with E-state index in [-0.39, 0.29) is 11.8 Å². The van der Waals surface area contributed by atoms with Crippen molar-refractivity contribution < 1.29 is 14.3 Å². The van der Waals surface area contributed by atoms with Gasteiger partial charge in [-0.2, -0.15) is 0 Å². The normalized spacial score (nSPS) is 9.96. The number of aromatic nitrogens is 1. The number of amides is 2. The number of carbonyl (C=O) groups is 2. The van der Waals surface area contributed by atoms with Crippen LogP contribution in [0.1, 0.15) is 26.3 Å². The Morgan fingerprint density at radius 2 is 1.76 bits per heavy atom. The Hall–Kier alpha value is -3.15. The number of hydrogen-bond donors (Lipinski definition) is 2. The van der Waals surface area contributed by atoms with Crippen LogP contribution < -0.4 is 15.4 Å². The molecule has 2 rings (SSSR count). The fourth-order valence-corrected chi connectivity index (χ4v) is 2.17. The van der Waals surface area contributed by atoms with E-state index in [4.69, 9.17) is 4.74 Å². The second-order valence-electron chi connectivity index (χ2n) is 5.31. The average molecular weight is 339 g/mol. The minimum Gasteiger partial charge on any atom is -0.497 e. The maximum absolute atomic E-state index is 12.2. The van der Waals surface area contributed by atoms with Crippen molar-refractivity contribution in [1.29, 1.82) is 0 Å². The van der Waals surface area contributed by atoms with Crippen LogP contribution in [0.5, 0.6) is 5.75 Å². The first-order valence-corrected chi connectivity index (χ1v) is 7.89. The van der Waals surface area contributed by atoms with Crippen LogP contribution in [0, 0.1) is 0 Å². The van der Waals surface area contributed by atoms with E-state index < -0.39 is 0 Å². The molecule has 2 N–H and O–H groups in total. The van der Waals surface area contributed by atoms with Crippen molar-refractivity contribution in [2.45, 2.75) is 6.42 Å². The minimum absolute atomic E-state index is 0.264. The first-order valence-electron chi connectivity index (χ1n) is 7.89. The molecule has 25 heavy (non-hydrogen) atoms. The summed E-state index contributed by atoms with van der Waals surface area (Å²) in [5.41, 5.74) is 1.78. The number of methoxy groups -OCH3 is 1. The molecule has 6 heteroatoms. The SMILES string of the molecule is C=CCNC(=O)c1cncc(C(=O)NCCc2ccc(OC)cc2)c1. The zero-order valence-corrected chi connectivity index (χ0v) is 14.1. The van der Waals surface area contributed by atoms with Crippen LogP contribution in [-0.4, -0.2) is 37.0 Å². The van der Waals surface area contributed by atoms with Crippen molar-refractivity contribution >= 4 is 11.8 Å². The quantitative estimate of drug-likeness (QED) is 0.721. The van der Waals surface area contributed by atoms with Gasteiger partial charge in [0.25, 0.3) is 11.8 Å². The standard InChI is InChI=1S/C19H21N3O3/c1-3-9-21-18(23)15-11-16(13-20-12-15)19(24)22-10-8-14-4-6-17(25-2)7-5-14/h3-7,11-13H,1,8-10H2,2H3,(H,21,23)(H,22,24). The van der Waals surface area contributed by atoms with E-state index in [1.54, 1.807) is 13.2 Å². The lowest BCUT2D eigenvalue weighted by molar-refractivity contribution is 0.0953. The third kappa shape index (κ3) is 5.46. The van der Waals surface area contributed by atoms with Crippen molar-refractivity contribution in [1.82, 2.24) is 15.6 Å². The summed E-state index contributed by atoms with van der Waals surface area (Å²) in [6.07, 6.45) is 5.14. The molecule has 0 saturated heterocycles. The smallest absolute Gasteiger partial charge is 0.253 e. The topological polar surface area (TPSA) is 80.3 Å². The van der Waals surface area contributed by atoms with Gasteiger partial charge < -0.3 is 15.4 Å². The number of nitrogens with one attached hydrogen (secondary N) is 2. The molecular weight excluding hydrogens is 318 g/mol. The van der Waals surface area contributed by atoms with Crippen LogP contribution in [-0.2, 0) is 6.42 Å². The highest BCUT2D eigenvalue weighted by Gasteiger charge is 2.10. The molecular formula is C19H21N3O3. The second-order valence-corrected chi connectivity index (χ2v) is 5.31. The van der Waals surface area contributed by atoms with E-state index in [0.29, 0.717) is 30.6 Å². The number of pyridine rings is 1. The number of nitrogens with zero attached hydrogens (tertiary/aromatic N) is 1. The molecule has 130 valence electrons. The molecule has 0 unspecified atom stereocenters. The number of benzene rings is 1. The number of hydrogen-bond acceptors (Lipinski definition) is 4. The lowest BCUT2D eigenvalue weighted by Gasteiger charge is -2.07. The summed E-state index contributed by atoms with van der Waals surface area (Å²) in [6.45, 7) is 4.38. The van der Waals surface area contributed by atoms with Gasteiger partial charge in [0.1, 0.15) is 5.75 Å². The average Bonchev–Trinajstić information content (AvgIpc) is 2.66. The van der Waals surface area contributed by atoms with Gasteiger partial charge in [-0.25, -0.2) is 0 Å². The van der Waals surface area contributed by atoms with Crippen LogP contribution in [0.15, 0.2) is 55.4 Å². The highest BCUT2D eigenvalue weighted by Crippen LogP contribution is 2.11. The van der Waals surface area contributed by atoms with Crippen molar-refractivity contribution in [3.05, 3.63) is 72.1 Å². The molecule has 1 aromatic heterocycles. The van der Waals surface area contributed by atoms with E-state index in [1.165, 1.54) is 18.5 Å². The van der Waals surface area contributed by atoms with Gasteiger partial charge in [0.05, 0.1) is 18.2 Å². The molecule has 6 nitrogen and oxygen atoms in total. The molecule has 2 aromatic rings. The molecule has 0 aliphatic heterocycles. The van der Waals surface area contributed by atoms with Gasteiger partial charge >= 0.3 is 0 Å². The predicted molar refractivity (Wildman–Crippen MR) is 95.8 cm³/mol. The number of rotatable bonds is 8. The van der Waals surface area contributed by atoms with E-state index in [0.717, 1.165) is 11.3 Å². The fraction of sp³-hybridized carbons (Fsp3) is 0.211. The van der Waals surface area contributed by atoms with Gasteiger partial charge in [-0.3, -0.25) is 14.6 Å². The van der Waals surface area contributed by atoms with Crippen LogP contribution in [0.4, 0.5) is 0 Å². The molecule has 0 spiro atoms. The Bertz CT molecular complexity index is 742. The van der Waals surface area contributed by atoms with Crippen molar-refractivity contribution in [3.63, 3.8) is 0 Å². The third-order valence-corrected chi connectivity index (χ3v) is 3.53. The number of ether oxygens (including phenoxy) is 1. The first kappa shape index (κ1) is 18.2. The van der Waals surface area contributed by atoms with Crippen molar-refractivity contribution in [2.24, 2.45) is 0 Å². The van der Waals surface area contributed by atoms with E-state index in [1.807, 2.05) is 24.3 Å². The zero-order chi connectivity index (χ0) is 18.1. The summed E-state index contributed by atoms with van der Waals surface area (Å²) in [5.74, 6) is 0.241. The van der Waals surface area contributed by atoms with Crippen LogP contribution in [0.25, 0.3) is 0 Å². The van der Waals surface area contributed by atoms with Gasteiger partial charge in [0.2, 0.25) is 0 Å². The monoisotopic (exact) mass is 339 g/mol. The van der Waals surface area contributed by atoms with Crippen LogP contribution >= 0.6 is 0 Å². The highest BCUT2D eigenvalue weighted by atomic mass is 16.5. The highest BCUT2D eigenvalue weighted by molar-refractivity contribution is 5.99. The third-order valence-electron chi connectivity index (χ3n) is 3.53. The summed E-state index contributed by atoms with van der Waals surface area (Å²) in [5, 5.41) is 5.48. The van der Waals surface area contributed by atoms with Gasteiger partial charge in [0.15, 0.2) is 0 Å². The fourth-order valence-electron chi connectivity index (χ4n) is 2.17. The predicted octanol–water partition coefficient (Wildman–Crippen LogP) is 1.98. The first-order chi connectivity index (χ1) is 12.1. The second kappa shape index (κ2) is 9.22. The molecule has 2 amide bonds. The largest absolute Gasteiger partial charge is 0.497 e. The van der Waals surface area contributed by atoms with Gasteiger partial charge in [0, 0.05) is 25.5 Å². The molecule has 1 heterocycles. The Kier molecular flexibility index (Phi) is 6.71. The van der Waals surface area contributed by atoms with E-state index in [2.05, 4.69) is 22.2 Å². The summed E-state index contributed by atoms with van der Waals surface area (Å²) < 4.78 is 5.11. The van der Waals surface area contributed by atoms with Crippen molar-refractivity contribution in [3.8, 4) is 5.75 Å². The van der Waals surface area contributed by atoms with Gasteiger partial charge in [-0.05, 0) is 30.2 Å². The molecule has 0 fully saturated rings. The molecule has 0 radical (unpaired) electrons. The molecule has 0 aliphatic rings. The van der Waals surface area contributed by atoms with Gasteiger partial charge in [-0.15, -0.1) is 6.58 Å². The van der Waals surface area contributed by atoms with Crippen LogP contribution in [0.2, 0.25) is 0 Å². The molecule has 0 bridgehead atoms. The van der Waals surface area contributed by atoms with Crippen molar-refractivity contribution in [2.75, 3.05) is 20.2 Å². The molecule has 1 aromatic carbocycles. The van der Waals surface area contributed by atoms with E-state index >= 15 is 0 Å². The Labute approximate surface area is 146 Å². The molecule has 0 saturated carbocycles. The summed E-state index contributed by atoms with van der Waals surface area (Å²) in [7, 11) is 1.62. The molecule has 0 aliphatic carbocycles. The summed E-state index contributed by atoms with van der Waals surface area (Å²) >= 11 is 0. The summed E-state index contributed by atoms with van der Waals surface area (Å²) in [4.78, 5) is 28.1. The van der Waals surface area contributed by atoms with Crippen LogP contribution in [0.3, 0.4) is 0 Å². The lowest BCUT2D eigenvalue weighted by Crippen LogP contribution is -2.27. The maximum Gasteiger partial charge on any atom is 0.253 e. The number of carbonyl (C=O) groups excluding carboxylic acids is 2. The lowest BCUT2D eigenvalue weighted by atomic mass is 10.1. The maximum atomic E-state index is 12.2. The van der Waals surface area contributed by atoms with E-state index in [9.17, 15) is 9.59 Å². The summed E-state index contributed by atoms with van der Waals surface area (Å²) in [6, 6.07) is 9.20. The Morgan fingerprint density at radius 3 is 2.36 bits per heavy atom. The zero-order valence-electron chi connectivity index (χ0n) is 14.1.